The van der Waals surface area contributed by atoms with E-state index < -0.39 is 0 Å². The second-order valence-electron chi connectivity index (χ2n) is 5.76. The molecule has 0 saturated heterocycles. The number of hydrogen-bond donors (Lipinski definition) is 0. The van der Waals surface area contributed by atoms with Gasteiger partial charge in [-0.15, -0.1) is 23.4 Å². The number of rotatable bonds is 1. The van der Waals surface area contributed by atoms with Gasteiger partial charge in [0, 0.05) is 0 Å². The van der Waals surface area contributed by atoms with E-state index in [1.54, 1.807) is 0 Å². The van der Waals surface area contributed by atoms with Gasteiger partial charge in [-0.25, -0.2) is 0 Å². The largest absolute Gasteiger partial charge is 2.00 e. The molecule has 25 heavy (non-hydrogen) atoms. The molecule has 0 amide bonds. The minimum absolute atomic E-state index is 0. The van der Waals surface area contributed by atoms with Gasteiger partial charge in [-0.05, 0) is 27.2 Å². The number of nitrogens with one attached hydrogen (secondary N) is 1. The van der Waals surface area contributed by atoms with Crippen LogP contribution in [-0.4, -0.2) is 0 Å². The van der Waals surface area contributed by atoms with Crippen LogP contribution < -0.4 is 24.8 Å². The van der Waals surface area contributed by atoms with Gasteiger partial charge < -0.3 is 30.5 Å². The van der Waals surface area contributed by atoms with Gasteiger partial charge in [0.2, 0.25) is 0 Å². The summed E-state index contributed by atoms with van der Waals surface area (Å²) in [6.45, 7) is 10.0. The molecule has 0 aromatic heterocycles. The third-order valence-corrected chi connectivity index (χ3v) is 3.81. The Labute approximate surface area is 179 Å². The molecule has 0 unspecified atom stereocenters. The van der Waals surface area contributed by atoms with Crippen LogP contribution in [0.15, 0.2) is 54.6 Å². The third-order valence-electron chi connectivity index (χ3n) is 3.81. The molecule has 1 aliphatic carbocycles. The van der Waals surface area contributed by atoms with E-state index in [0.717, 1.165) is 23.1 Å². The normalized spacial score (nSPS) is 11.1. The van der Waals surface area contributed by atoms with E-state index >= 15 is 0 Å². The van der Waals surface area contributed by atoms with Crippen LogP contribution in [0, 0.1) is 27.7 Å². The van der Waals surface area contributed by atoms with E-state index in [-0.39, 0.29) is 46.5 Å². The van der Waals surface area contributed by atoms with Gasteiger partial charge in [-0.3, -0.25) is 0 Å². The van der Waals surface area contributed by atoms with Crippen LogP contribution in [0.25, 0.3) is 11.3 Å². The van der Waals surface area contributed by atoms with Crippen molar-refractivity contribution in [2.24, 2.45) is 0 Å². The summed E-state index contributed by atoms with van der Waals surface area (Å²) in [5, 5.41) is 0. The maximum atomic E-state index is 7.54. The molecule has 1 N–H and O–H groups in total. The second-order valence-corrected chi connectivity index (χ2v) is 5.76. The molecular weight excluding hydrogens is 385 g/mol. The van der Waals surface area contributed by atoms with Crippen LogP contribution in [0.3, 0.4) is 0 Å². The van der Waals surface area contributed by atoms with Gasteiger partial charge in [-0.2, -0.15) is 18.6 Å². The molecule has 3 rings (SSSR count). The van der Waals surface area contributed by atoms with Gasteiger partial charge >= 0.3 is 21.7 Å². The Morgan fingerprint density at radius 2 is 1.52 bits per heavy atom. The Kier molecular flexibility index (Phi) is 12.8. The van der Waals surface area contributed by atoms with E-state index in [1.807, 2.05) is 32.0 Å². The summed E-state index contributed by atoms with van der Waals surface area (Å²) in [6.07, 6.45) is 7.47. The topological polar surface area (TPSA) is 23.8 Å². The Hall–Kier alpha value is -1.12. The summed E-state index contributed by atoms with van der Waals surface area (Å²) < 4.78 is 0. The van der Waals surface area contributed by atoms with Gasteiger partial charge in [0.1, 0.15) is 0 Å². The predicted octanol–water partition coefficient (Wildman–Crippen LogP) is 0.513. The second kappa shape index (κ2) is 12.3. The first-order valence-corrected chi connectivity index (χ1v) is 7.55. The van der Waals surface area contributed by atoms with Crippen LogP contribution in [0.1, 0.15) is 34.2 Å². The fraction of sp³-hybridized carbons (Fsp3) is 0.190. The molecule has 2 aromatic rings. The molecule has 0 radical (unpaired) electrons. The SMILES string of the molecule is Cc1cc(C)c([NH-])c(C)c1.[CH2-]c1ccccc1C1=CC=CC1.[Cl-].[Cl-].[Ti+2]. The summed E-state index contributed by atoms with van der Waals surface area (Å²) in [6, 6.07) is 12.3. The van der Waals surface area contributed by atoms with Gasteiger partial charge in [-0.1, -0.05) is 58.7 Å². The summed E-state index contributed by atoms with van der Waals surface area (Å²) >= 11 is 0. The Morgan fingerprint density at radius 3 is 2.00 bits per heavy atom. The van der Waals surface area contributed by atoms with Crippen molar-refractivity contribution in [2.45, 2.75) is 27.2 Å². The van der Waals surface area contributed by atoms with Gasteiger partial charge in [0.15, 0.2) is 0 Å². The number of hydrogen-bond acceptors (Lipinski definition) is 0. The molecule has 0 fully saturated rings. The van der Waals surface area contributed by atoms with Crippen molar-refractivity contribution in [3.05, 3.63) is 95.1 Å². The Morgan fingerprint density at radius 1 is 0.960 bits per heavy atom. The van der Waals surface area contributed by atoms with Crippen LogP contribution in [0.2, 0.25) is 0 Å². The van der Waals surface area contributed by atoms with Crippen molar-refractivity contribution < 1.29 is 46.5 Å². The number of allylic oxidation sites excluding steroid dienone is 4. The molecule has 0 spiro atoms. The molecule has 1 nitrogen and oxygen atoms in total. The first-order chi connectivity index (χ1) is 10.5. The molecule has 0 atom stereocenters. The fourth-order valence-electron chi connectivity index (χ4n) is 2.66. The van der Waals surface area contributed by atoms with Gasteiger partial charge in [0.25, 0.3) is 0 Å². The minimum atomic E-state index is 0. The van der Waals surface area contributed by atoms with E-state index in [1.165, 1.54) is 16.7 Å². The summed E-state index contributed by atoms with van der Waals surface area (Å²) in [5.74, 6) is 0. The van der Waals surface area contributed by atoms with Crippen LogP contribution >= 0.6 is 0 Å². The number of halogens is 2. The van der Waals surface area contributed by atoms with Crippen molar-refractivity contribution >= 4 is 11.3 Å². The van der Waals surface area contributed by atoms with E-state index in [4.69, 9.17) is 5.73 Å². The predicted molar refractivity (Wildman–Crippen MR) is 97.3 cm³/mol. The van der Waals surface area contributed by atoms with E-state index in [0.29, 0.717) is 5.69 Å². The van der Waals surface area contributed by atoms with Crippen LogP contribution in [0.4, 0.5) is 5.69 Å². The third kappa shape index (κ3) is 7.34. The van der Waals surface area contributed by atoms with Crippen molar-refractivity contribution in [1.29, 1.82) is 0 Å². The average molecular weight is 408 g/mol. The monoisotopic (exact) mass is 407 g/mol. The van der Waals surface area contributed by atoms with Gasteiger partial charge in [0.05, 0.1) is 0 Å². The molecule has 0 heterocycles. The fourth-order valence-corrected chi connectivity index (χ4v) is 2.66. The molecule has 4 heteroatoms. The van der Waals surface area contributed by atoms with Crippen molar-refractivity contribution in [2.75, 3.05) is 0 Å². The zero-order valence-corrected chi connectivity index (χ0v) is 17.9. The first-order valence-electron chi connectivity index (χ1n) is 7.55. The standard InChI is InChI=1S/C12H11.C9H12N.2ClH.Ti/c1-10-6-2-5-9-12(10)11-7-3-4-8-11;1-6-4-7(2)9(10)8(3)5-6;;;/h2-7,9H,1,8H2;4-5,10H,1-3H3;2*1H;/q2*-1;;;+2/p-2. The average Bonchev–Trinajstić information content (AvgIpc) is 3.00. The summed E-state index contributed by atoms with van der Waals surface area (Å²) in [7, 11) is 0. The molecule has 0 aliphatic heterocycles. The van der Waals surface area contributed by atoms with Crippen molar-refractivity contribution in [3.8, 4) is 0 Å². The van der Waals surface area contributed by atoms with Crippen molar-refractivity contribution in [3.63, 3.8) is 0 Å². The first kappa shape index (κ1) is 26.1. The molecular formula is C21H23Cl2NTi-2. The molecule has 2 aromatic carbocycles. The van der Waals surface area contributed by atoms with Crippen LogP contribution in [-0.2, 0) is 21.7 Å². The van der Waals surface area contributed by atoms with Crippen LogP contribution in [0.5, 0.6) is 0 Å². The van der Waals surface area contributed by atoms with Crippen molar-refractivity contribution in [1.82, 2.24) is 0 Å². The molecule has 0 bridgehead atoms. The zero-order chi connectivity index (χ0) is 16.1. The maximum absolute atomic E-state index is 7.54. The maximum Gasteiger partial charge on any atom is 2.00 e. The Bertz CT molecular complexity index is 713. The number of benzene rings is 2. The molecule has 0 saturated carbocycles. The minimum Gasteiger partial charge on any atom is -1.00 e. The summed E-state index contributed by atoms with van der Waals surface area (Å²) in [5.41, 5.74) is 15.4. The molecule has 132 valence electrons. The van der Waals surface area contributed by atoms with E-state index in [2.05, 4.69) is 50.3 Å². The smallest absolute Gasteiger partial charge is 1.00 e. The zero-order valence-electron chi connectivity index (χ0n) is 14.9. The molecule has 1 aliphatic rings. The quantitative estimate of drug-likeness (QED) is 0.486. The summed E-state index contributed by atoms with van der Waals surface area (Å²) in [4.78, 5) is 0. The van der Waals surface area contributed by atoms with E-state index in [9.17, 15) is 0 Å². The Balaban J connectivity index is 0. The number of aryl methyl sites for hydroxylation is 3.